The highest BCUT2D eigenvalue weighted by molar-refractivity contribution is 6.00. The number of carbonyl (C=O) groups is 4. The summed E-state index contributed by atoms with van der Waals surface area (Å²) < 4.78 is 30.9. The first-order valence-electron chi connectivity index (χ1n) is 19.3. The SMILES string of the molecule is CC[C@@H]1OC(=O)[C@H](C)C(=O)[C@@H](C)[C@@H](O[C@@H]2O[C@H](C)C[C@H](N(C)C)[C@H]2O)[C@@](C)(OC)C[C@@H](C)C(=O)NC(C)[C@H]2N(NCCCc3ccncc3)C(=O)O[C@]12C. The molecule has 13 atom stereocenters. The quantitative estimate of drug-likeness (QED) is 0.180. The monoisotopic (exact) mass is 761 g/mol. The number of aliphatic hydroxyl groups is 1. The molecule has 3 saturated heterocycles. The molecule has 15 heteroatoms. The lowest BCUT2D eigenvalue weighted by Crippen LogP contribution is -2.63. The van der Waals surface area contributed by atoms with Crippen LogP contribution in [0.3, 0.4) is 0 Å². The first-order chi connectivity index (χ1) is 25.4. The Bertz CT molecular complexity index is 1450. The molecular weight excluding hydrogens is 698 g/mol. The highest BCUT2D eigenvalue weighted by atomic mass is 16.7. The fourth-order valence-electron chi connectivity index (χ4n) is 8.41. The van der Waals surface area contributed by atoms with Crippen LogP contribution in [0.25, 0.3) is 0 Å². The van der Waals surface area contributed by atoms with E-state index in [1.165, 1.54) is 19.0 Å². The lowest BCUT2D eigenvalue weighted by atomic mass is 9.78. The summed E-state index contributed by atoms with van der Waals surface area (Å²) in [7, 11) is 5.21. The molecule has 54 heavy (non-hydrogen) atoms. The minimum Gasteiger partial charge on any atom is -0.457 e. The van der Waals surface area contributed by atoms with Crippen LogP contribution in [0.15, 0.2) is 24.5 Å². The fourth-order valence-corrected chi connectivity index (χ4v) is 8.41. The van der Waals surface area contributed by atoms with E-state index in [1.807, 2.05) is 38.1 Å². The number of fused-ring (bicyclic) bond motifs is 1. The Morgan fingerprint density at radius 2 is 1.76 bits per heavy atom. The first-order valence-corrected chi connectivity index (χ1v) is 19.3. The maximum absolute atomic E-state index is 14.3. The highest BCUT2D eigenvalue weighted by Crippen LogP contribution is 2.39. The van der Waals surface area contributed by atoms with Gasteiger partial charge in [-0.1, -0.05) is 20.8 Å². The van der Waals surface area contributed by atoms with Crippen molar-refractivity contribution in [3.05, 3.63) is 30.1 Å². The molecule has 0 aromatic carbocycles. The number of hydrazine groups is 1. The van der Waals surface area contributed by atoms with Crippen molar-refractivity contribution in [2.75, 3.05) is 27.7 Å². The Labute approximate surface area is 320 Å². The van der Waals surface area contributed by atoms with Crippen molar-refractivity contribution in [1.82, 2.24) is 25.6 Å². The third-order valence-electron chi connectivity index (χ3n) is 11.6. The number of aryl methyl sites for hydroxylation is 1. The molecule has 3 N–H and O–H groups in total. The van der Waals surface area contributed by atoms with Crippen molar-refractivity contribution in [3.63, 3.8) is 0 Å². The lowest BCUT2D eigenvalue weighted by molar-refractivity contribution is -0.295. The average molecular weight is 762 g/mol. The third kappa shape index (κ3) is 9.42. The summed E-state index contributed by atoms with van der Waals surface area (Å²) >= 11 is 0. The number of aliphatic hydroxyl groups excluding tert-OH is 1. The van der Waals surface area contributed by atoms with E-state index in [4.69, 9.17) is 23.7 Å². The van der Waals surface area contributed by atoms with Crippen molar-refractivity contribution in [3.8, 4) is 0 Å². The van der Waals surface area contributed by atoms with Gasteiger partial charge in [-0.05, 0) is 98.5 Å². The number of likely N-dealkylation sites (N-methyl/N-ethyl adjacent to an activating group) is 1. The summed E-state index contributed by atoms with van der Waals surface area (Å²) in [6.45, 7) is 14.2. The van der Waals surface area contributed by atoms with E-state index in [0.717, 1.165) is 12.0 Å². The van der Waals surface area contributed by atoms with E-state index >= 15 is 0 Å². The van der Waals surface area contributed by atoms with Gasteiger partial charge in [-0.25, -0.2) is 15.2 Å². The summed E-state index contributed by atoms with van der Waals surface area (Å²) in [4.78, 5) is 61.8. The van der Waals surface area contributed by atoms with Gasteiger partial charge in [0.25, 0.3) is 0 Å². The topological polar surface area (TPSA) is 178 Å². The van der Waals surface area contributed by atoms with Crippen LogP contribution in [0.5, 0.6) is 0 Å². The van der Waals surface area contributed by atoms with Gasteiger partial charge in [0.15, 0.2) is 17.7 Å². The predicted molar refractivity (Wildman–Crippen MR) is 199 cm³/mol. The number of ether oxygens (including phenoxy) is 5. The van der Waals surface area contributed by atoms with Gasteiger partial charge in [0.2, 0.25) is 5.91 Å². The minimum atomic E-state index is -1.41. The number of hydrogen-bond acceptors (Lipinski definition) is 13. The van der Waals surface area contributed by atoms with Gasteiger partial charge in [0.05, 0.1) is 23.9 Å². The van der Waals surface area contributed by atoms with E-state index in [1.54, 1.807) is 53.9 Å². The molecule has 15 nitrogen and oxygen atoms in total. The number of ketones is 1. The van der Waals surface area contributed by atoms with E-state index in [0.29, 0.717) is 19.4 Å². The van der Waals surface area contributed by atoms with Gasteiger partial charge in [-0.15, -0.1) is 0 Å². The summed E-state index contributed by atoms with van der Waals surface area (Å²) in [5, 5.41) is 15.9. The maximum atomic E-state index is 14.3. The number of amides is 2. The van der Waals surface area contributed by atoms with Gasteiger partial charge >= 0.3 is 12.1 Å². The molecule has 4 rings (SSSR count). The number of nitrogens with zero attached hydrogens (tertiary/aromatic N) is 3. The summed E-state index contributed by atoms with van der Waals surface area (Å²) in [6.07, 6.45) is 0.695. The fraction of sp³-hybridized carbons (Fsp3) is 0.769. The number of hydrogen-bond donors (Lipinski definition) is 3. The van der Waals surface area contributed by atoms with Crippen LogP contribution >= 0.6 is 0 Å². The molecule has 3 aliphatic rings. The third-order valence-corrected chi connectivity index (χ3v) is 11.6. The van der Waals surface area contributed by atoms with Crippen molar-refractivity contribution < 1.29 is 48.0 Å². The predicted octanol–water partition coefficient (Wildman–Crippen LogP) is 3.02. The van der Waals surface area contributed by atoms with Gasteiger partial charge in [0.1, 0.15) is 24.2 Å². The maximum Gasteiger partial charge on any atom is 0.425 e. The Morgan fingerprint density at radius 3 is 2.37 bits per heavy atom. The van der Waals surface area contributed by atoms with Crippen molar-refractivity contribution >= 4 is 23.8 Å². The first kappa shape index (κ1) is 43.5. The van der Waals surface area contributed by atoms with Gasteiger partial charge < -0.3 is 39.0 Å². The molecule has 1 aromatic rings. The molecule has 0 spiro atoms. The summed E-state index contributed by atoms with van der Waals surface area (Å²) in [5.74, 6) is -4.48. The average Bonchev–Trinajstić information content (AvgIpc) is 3.40. The number of carbonyl (C=O) groups excluding carboxylic acids is 4. The van der Waals surface area contributed by atoms with Crippen LogP contribution in [0.4, 0.5) is 4.79 Å². The second-order valence-electron chi connectivity index (χ2n) is 16.0. The smallest absolute Gasteiger partial charge is 0.425 e. The Morgan fingerprint density at radius 1 is 1.09 bits per heavy atom. The molecule has 4 heterocycles. The summed E-state index contributed by atoms with van der Waals surface area (Å²) in [5.41, 5.74) is 1.63. The second kappa shape index (κ2) is 18.2. The Balaban J connectivity index is 1.69. The standard InChI is InChI=1S/C39H63N5O10/c1-12-29-39(8)32(44(37(49)54-39)41-17-13-14-27-15-18-40-19-16-27)26(6)42-34(47)22(2)21-38(7,50-11)33(24(4)30(45)25(5)35(48)52-29)53-36-31(46)28(43(9)10)20-23(3)51-36/h15-16,18-19,22-26,28-29,31-33,36,41,46H,12-14,17,20-21H2,1-11H3,(H,42,47)/t22-,23-,24-,25-,26?,28+,29+,31-,32-,33-,36+,38+,39-/m1/s1. The highest BCUT2D eigenvalue weighted by Gasteiger charge is 2.59. The number of rotatable bonds is 10. The molecule has 0 aliphatic carbocycles. The zero-order valence-electron chi connectivity index (χ0n) is 33.9. The molecule has 3 aliphatic heterocycles. The number of methoxy groups -OCH3 is 1. The van der Waals surface area contributed by atoms with E-state index in [-0.39, 0.29) is 30.9 Å². The summed E-state index contributed by atoms with van der Waals surface area (Å²) in [6, 6.07) is 2.09. The van der Waals surface area contributed by atoms with Crippen molar-refractivity contribution in [2.45, 2.75) is 148 Å². The zero-order chi connectivity index (χ0) is 40.1. The van der Waals surface area contributed by atoms with Gasteiger partial charge in [-0.2, -0.15) is 0 Å². The van der Waals surface area contributed by atoms with Crippen molar-refractivity contribution in [2.24, 2.45) is 17.8 Å². The van der Waals surface area contributed by atoms with Crippen molar-refractivity contribution in [1.29, 1.82) is 0 Å². The molecule has 0 radical (unpaired) electrons. The van der Waals surface area contributed by atoms with Crippen LogP contribution in [0.1, 0.15) is 86.6 Å². The number of Topliss-reactive ketones (excluding diaryl/α,β-unsaturated/α-hetero) is 1. The van der Waals surface area contributed by atoms with Crippen LogP contribution in [0.2, 0.25) is 0 Å². The number of cyclic esters (lactones) is 1. The van der Waals surface area contributed by atoms with E-state index in [9.17, 15) is 24.3 Å². The normalized spacial score (nSPS) is 38.6. The molecule has 1 aromatic heterocycles. The van der Waals surface area contributed by atoms with Crippen LogP contribution in [-0.2, 0) is 44.5 Å². The van der Waals surface area contributed by atoms with Gasteiger partial charge in [-0.3, -0.25) is 19.4 Å². The molecular formula is C39H63N5O10. The van der Waals surface area contributed by atoms with E-state index < -0.39 is 83.5 Å². The van der Waals surface area contributed by atoms with E-state index in [2.05, 4.69) is 15.7 Å². The lowest BCUT2D eigenvalue weighted by Gasteiger charge is -2.46. The second-order valence-corrected chi connectivity index (χ2v) is 16.0. The molecule has 0 saturated carbocycles. The number of esters is 1. The molecule has 2 amide bonds. The molecule has 304 valence electrons. The minimum absolute atomic E-state index is 0.102. The molecule has 0 bridgehead atoms. The molecule has 1 unspecified atom stereocenters. The Hall–Kier alpha value is -3.21. The van der Waals surface area contributed by atoms with Crippen LogP contribution in [0, 0.1) is 17.8 Å². The Kier molecular flexibility index (Phi) is 14.6. The number of pyridine rings is 1. The number of nitrogens with one attached hydrogen (secondary N) is 2. The van der Waals surface area contributed by atoms with Crippen LogP contribution in [-0.4, -0.2) is 132 Å². The van der Waals surface area contributed by atoms with Gasteiger partial charge in [0, 0.05) is 43.9 Å². The molecule has 3 fully saturated rings. The van der Waals surface area contributed by atoms with Crippen LogP contribution < -0.4 is 10.7 Å². The zero-order valence-corrected chi connectivity index (χ0v) is 33.9. The largest absolute Gasteiger partial charge is 0.457 e. The number of aromatic nitrogens is 1.